The van der Waals surface area contributed by atoms with E-state index in [-0.39, 0.29) is 5.91 Å². The minimum atomic E-state index is -0.834. The van der Waals surface area contributed by atoms with Crippen LogP contribution in [0.5, 0.6) is 11.5 Å². The highest BCUT2D eigenvalue weighted by Gasteiger charge is 2.39. The summed E-state index contributed by atoms with van der Waals surface area (Å²) in [5.74, 6) is 1.05. The Balaban J connectivity index is 1.52. The van der Waals surface area contributed by atoms with E-state index >= 15 is 0 Å². The molecule has 1 aromatic rings. The molecule has 0 aromatic heterocycles. The predicted octanol–water partition coefficient (Wildman–Crippen LogP) is 7.69. The molecule has 1 aromatic carbocycles. The second kappa shape index (κ2) is 14.5. The van der Waals surface area contributed by atoms with Crippen LogP contribution in [0.4, 0.5) is 0 Å². The van der Waals surface area contributed by atoms with Gasteiger partial charge in [-0.2, -0.15) is 0 Å². The summed E-state index contributed by atoms with van der Waals surface area (Å²) in [6, 6.07) is 1.86. The number of hydrogen-bond acceptors (Lipinski definition) is 3. The summed E-state index contributed by atoms with van der Waals surface area (Å²) in [5, 5.41) is 13.3. The monoisotopic (exact) mass is 459 g/mol. The number of amides is 1. The Hall–Kier alpha value is -1.71. The van der Waals surface area contributed by atoms with Gasteiger partial charge in [0.25, 0.3) is 5.91 Å². The molecule has 188 valence electrons. The van der Waals surface area contributed by atoms with Crippen molar-refractivity contribution in [2.24, 2.45) is 0 Å². The van der Waals surface area contributed by atoms with E-state index in [1.165, 1.54) is 83.5 Å². The first kappa shape index (κ1) is 27.5. The van der Waals surface area contributed by atoms with Crippen molar-refractivity contribution in [2.45, 2.75) is 136 Å². The molecule has 0 unspecified atom stereocenters. The Morgan fingerprint density at radius 3 is 2.00 bits per heavy atom. The van der Waals surface area contributed by atoms with E-state index < -0.39 is 5.60 Å². The molecule has 1 aliphatic rings. The van der Waals surface area contributed by atoms with Gasteiger partial charge in [0.1, 0.15) is 11.5 Å². The van der Waals surface area contributed by atoms with Gasteiger partial charge >= 0.3 is 0 Å². The molecule has 0 spiro atoms. The molecule has 0 saturated heterocycles. The van der Waals surface area contributed by atoms with Crippen LogP contribution in [0.1, 0.15) is 127 Å². The number of carbonyl (C=O) groups excluding carboxylic acids is 1. The second-order valence-corrected chi connectivity index (χ2v) is 10.3. The lowest BCUT2D eigenvalue weighted by Gasteiger charge is -2.35. The molecule has 1 heterocycles. The number of phenolic OH excluding ortho intramolecular Hbond substituents is 1. The summed E-state index contributed by atoms with van der Waals surface area (Å²) in [5.41, 5.74) is 1.85. The molecule has 4 nitrogen and oxygen atoms in total. The lowest BCUT2D eigenvalue weighted by atomic mass is 9.88. The minimum absolute atomic E-state index is 0.0220. The van der Waals surface area contributed by atoms with Crippen molar-refractivity contribution in [3.8, 4) is 11.5 Å². The zero-order valence-corrected chi connectivity index (χ0v) is 21.9. The highest BCUT2D eigenvalue weighted by molar-refractivity contribution is 5.85. The van der Waals surface area contributed by atoms with Crippen LogP contribution < -0.4 is 10.1 Å². The third kappa shape index (κ3) is 8.87. The van der Waals surface area contributed by atoms with E-state index in [0.29, 0.717) is 12.2 Å². The number of aryl methyl sites for hydroxylation is 1. The van der Waals surface area contributed by atoms with Gasteiger partial charge < -0.3 is 15.2 Å². The smallest absolute Gasteiger partial charge is 0.263 e. The fourth-order valence-corrected chi connectivity index (χ4v) is 4.90. The van der Waals surface area contributed by atoms with Crippen molar-refractivity contribution in [2.75, 3.05) is 6.54 Å². The van der Waals surface area contributed by atoms with E-state index in [1.807, 2.05) is 26.8 Å². The van der Waals surface area contributed by atoms with Gasteiger partial charge in [0.15, 0.2) is 5.60 Å². The van der Waals surface area contributed by atoms with Gasteiger partial charge in [-0.15, -0.1) is 0 Å². The number of unbranched alkanes of at least 4 members (excludes halogenated alkanes) is 13. The molecule has 2 N–H and O–H groups in total. The zero-order chi connectivity index (χ0) is 24.1. The number of fused-ring (bicyclic) bond motifs is 1. The van der Waals surface area contributed by atoms with Crippen molar-refractivity contribution in [3.05, 3.63) is 22.8 Å². The van der Waals surface area contributed by atoms with Crippen LogP contribution >= 0.6 is 0 Å². The largest absolute Gasteiger partial charge is 0.507 e. The van der Waals surface area contributed by atoms with Crippen LogP contribution in [0.15, 0.2) is 6.07 Å². The molecular weight excluding hydrogens is 410 g/mol. The van der Waals surface area contributed by atoms with Crippen LogP contribution in [0.2, 0.25) is 0 Å². The van der Waals surface area contributed by atoms with Crippen LogP contribution in [-0.2, 0) is 11.2 Å². The minimum Gasteiger partial charge on any atom is -0.507 e. The number of aromatic hydroxyl groups is 1. The Bertz CT molecular complexity index is 730. The molecule has 4 heteroatoms. The van der Waals surface area contributed by atoms with Crippen LogP contribution in [0.3, 0.4) is 0 Å². The van der Waals surface area contributed by atoms with Crippen LogP contribution in [-0.4, -0.2) is 23.2 Å². The van der Waals surface area contributed by atoms with E-state index in [0.717, 1.165) is 41.8 Å². The number of phenols is 1. The van der Waals surface area contributed by atoms with Crippen molar-refractivity contribution in [3.63, 3.8) is 0 Å². The Morgan fingerprint density at radius 1 is 0.939 bits per heavy atom. The fourth-order valence-electron chi connectivity index (χ4n) is 4.90. The first-order valence-corrected chi connectivity index (χ1v) is 13.7. The summed E-state index contributed by atoms with van der Waals surface area (Å²) in [6.07, 6.45) is 20.1. The highest BCUT2D eigenvalue weighted by atomic mass is 16.5. The van der Waals surface area contributed by atoms with E-state index in [9.17, 15) is 9.90 Å². The van der Waals surface area contributed by atoms with Crippen molar-refractivity contribution < 1.29 is 14.6 Å². The lowest BCUT2D eigenvalue weighted by Crippen LogP contribution is -2.51. The molecule has 0 saturated carbocycles. The van der Waals surface area contributed by atoms with Gasteiger partial charge in [-0.3, -0.25) is 4.79 Å². The van der Waals surface area contributed by atoms with E-state index in [2.05, 4.69) is 12.2 Å². The molecular formula is C29H49NO3. The van der Waals surface area contributed by atoms with Gasteiger partial charge in [0, 0.05) is 18.5 Å². The van der Waals surface area contributed by atoms with E-state index in [4.69, 9.17) is 4.74 Å². The number of nitrogens with one attached hydrogen (secondary N) is 1. The number of rotatable bonds is 16. The van der Waals surface area contributed by atoms with Gasteiger partial charge in [-0.25, -0.2) is 0 Å². The third-order valence-corrected chi connectivity index (χ3v) is 7.31. The maximum absolute atomic E-state index is 12.8. The van der Waals surface area contributed by atoms with Crippen molar-refractivity contribution in [1.82, 2.24) is 5.32 Å². The Kier molecular flexibility index (Phi) is 12.1. The van der Waals surface area contributed by atoms with Gasteiger partial charge in [-0.05, 0) is 50.8 Å². The number of hydrogen-bond donors (Lipinski definition) is 2. The van der Waals surface area contributed by atoms with Crippen LogP contribution in [0.25, 0.3) is 0 Å². The van der Waals surface area contributed by atoms with Crippen molar-refractivity contribution >= 4 is 5.91 Å². The normalized spacial score (nSPS) is 17.5. The predicted molar refractivity (Wildman–Crippen MR) is 138 cm³/mol. The molecule has 0 radical (unpaired) electrons. The lowest BCUT2D eigenvalue weighted by molar-refractivity contribution is -0.136. The average Bonchev–Trinajstić information content (AvgIpc) is 2.79. The quantitative estimate of drug-likeness (QED) is 0.249. The number of ether oxygens (including phenoxy) is 1. The number of carbonyl (C=O) groups is 1. The molecule has 1 amide bonds. The first-order chi connectivity index (χ1) is 15.9. The molecule has 0 bridgehead atoms. The van der Waals surface area contributed by atoms with Gasteiger partial charge in [0.05, 0.1) is 0 Å². The average molecular weight is 460 g/mol. The number of benzene rings is 1. The summed E-state index contributed by atoms with van der Waals surface area (Å²) in [6.45, 7) is 8.66. The molecule has 1 atom stereocenters. The third-order valence-electron chi connectivity index (χ3n) is 7.31. The maximum atomic E-state index is 12.8. The molecule has 0 fully saturated rings. The summed E-state index contributed by atoms with van der Waals surface area (Å²) in [7, 11) is 0. The van der Waals surface area contributed by atoms with Gasteiger partial charge in [0.2, 0.25) is 0 Å². The molecule has 2 rings (SSSR count). The Labute approximate surface area is 202 Å². The molecule has 0 aliphatic carbocycles. The first-order valence-electron chi connectivity index (χ1n) is 13.7. The maximum Gasteiger partial charge on any atom is 0.263 e. The zero-order valence-electron chi connectivity index (χ0n) is 21.9. The summed E-state index contributed by atoms with van der Waals surface area (Å²) >= 11 is 0. The molecule has 33 heavy (non-hydrogen) atoms. The second-order valence-electron chi connectivity index (χ2n) is 10.3. The van der Waals surface area contributed by atoms with Gasteiger partial charge in [-0.1, -0.05) is 90.4 Å². The van der Waals surface area contributed by atoms with Crippen molar-refractivity contribution in [1.29, 1.82) is 0 Å². The summed E-state index contributed by atoms with van der Waals surface area (Å²) in [4.78, 5) is 12.8. The molecule has 1 aliphatic heterocycles. The van der Waals surface area contributed by atoms with Crippen LogP contribution in [0, 0.1) is 13.8 Å². The topological polar surface area (TPSA) is 58.6 Å². The van der Waals surface area contributed by atoms with E-state index in [1.54, 1.807) is 0 Å². The SMILES string of the molecule is CCCCCCCCCCCCCCCCNC(=O)[C@@]1(C)CCc2c(cc(C)c(O)c2C)O1. The standard InChI is InChI=1S/C29H49NO3/c1-5-6-7-8-9-10-11-12-13-14-15-16-17-18-21-30-28(32)29(4)20-19-25-24(3)27(31)23(2)22-26(25)33-29/h22,31H,5-21H2,1-4H3,(H,30,32)/t29-/m1/s1. The fraction of sp³-hybridized carbons (Fsp3) is 0.759. The Morgan fingerprint density at radius 2 is 1.45 bits per heavy atom. The highest BCUT2D eigenvalue weighted by Crippen LogP contribution is 2.40. The summed E-state index contributed by atoms with van der Waals surface area (Å²) < 4.78 is 6.15.